The minimum atomic E-state index is -4.56. The zero-order chi connectivity index (χ0) is 27.4. The number of hydrogen-bond acceptors (Lipinski definition) is 6. The number of pyridine rings is 2. The summed E-state index contributed by atoms with van der Waals surface area (Å²) in [6, 6.07) is 13.8. The lowest BCUT2D eigenvalue weighted by molar-refractivity contribution is -0.137. The topological polar surface area (TPSA) is 123 Å². The van der Waals surface area contributed by atoms with Gasteiger partial charge in [-0.3, -0.25) is 4.98 Å². The van der Waals surface area contributed by atoms with Crippen molar-refractivity contribution in [3.05, 3.63) is 89.4 Å². The van der Waals surface area contributed by atoms with Gasteiger partial charge in [0.05, 0.1) is 28.7 Å². The molecule has 2 aromatic carbocycles. The first kappa shape index (κ1) is 26.2. The Morgan fingerprint density at radius 1 is 1.08 bits per heavy atom. The van der Waals surface area contributed by atoms with Crippen LogP contribution in [-0.4, -0.2) is 27.2 Å². The third-order valence-electron chi connectivity index (χ3n) is 5.70. The summed E-state index contributed by atoms with van der Waals surface area (Å²) in [7, 11) is 0. The van der Waals surface area contributed by atoms with Crippen LogP contribution in [0.1, 0.15) is 29.7 Å². The Morgan fingerprint density at radius 3 is 2.47 bits per heavy atom. The molecule has 2 heterocycles. The van der Waals surface area contributed by atoms with Crippen LogP contribution in [0, 0.1) is 17.1 Å². The van der Waals surface area contributed by atoms with Crippen molar-refractivity contribution >= 4 is 34.3 Å². The summed E-state index contributed by atoms with van der Waals surface area (Å²) < 4.78 is 54.1. The Bertz CT molecular complexity index is 1520. The average Bonchev–Trinajstić information content (AvgIpc) is 2.87. The molecule has 0 spiro atoms. The van der Waals surface area contributed by atoms with Crippen molar-refractivity contribution in [2.24, 2.45) is 0 Å². The van der Waals surface area contributed by atoms with Crippen LogP contribution in [0.15, 0.2) is 66.9 Å². The number of fused-ring (bicyclic) bond motifs is 1. The van der Waals surface area contributed by atoms with E-state index in [4.69, 9.17) is 0 Å². The molecule has 0 aliphatic heterocycles. The molecule has 0 unspecified atom stereocenters. The molecule has 8 nitrogen and oxygen atoms in total. The number of halogens is 4. The van der Waals surface area contributed by atoms with Crippen LogP contribution in [0.4, 0.5) is 39.7 Å². The highest BCUT2D eigenvalue weighted by molar-refractivity contribution is 5.83. The summed E-state index contributed by atoms with van der Waals surface area (Å²) in [5, 5.41) is 27.5. The molecule has 4 rings (SSSR count). The number of hydrogen-bond donors (Lipinski definition) is 4. The molecule has 38 heavy (non-hydrogen) atoms. The van der Waals surface area contributed by atoms with Gasteiger partial charge in [0.1, 0.15) is 6.07 Å². The molecular weight excluding hydrogens is 504 g/mol. The first-order valence-electron chi connectivity index (χ1n) is 11.2. The Labute approximate surface area is 214 Å². The smallest absolute Gasteiger partial charge is 0.416 e. The summed E-state index contributed by atoms with van der Waals surface area (Å²) >= 11 is 0. The molecule has 0 aliphatic carbocycles. The van der Waals surface area contributed by atoms with E-state index >= 15 is 0 Å². The van der Waals surface area contributed by atoms with E-state index in [-0.39, 0.29) is 22.8 Å². The average molecular weight is 524 g/mol. The van der Waals surface area contributed by atoms with Gasteiger partial charge in [0.25, 0.3) is 0 Å². The third kappa shape index (κ3) is 5.89. The molecule has 0 radical (unpaired) electrons. The Kier molecular flexibility index (Phi) is 7.29. The maximum absolute atomic E-state index is 15.0. The minimum absolute atomic E-state index is 0.0182. The molecular formula is C26H20F4N6O2. The first-order valence-corrected chi connectivity index (χ1v) is 11.2. The van der Waals surface area contributed by atoms with Gasteiger partial charge in [0.2, 0.25) is 0 Å². The number of anilines is 3. The molecule has 2 aromatic heterocycles. The highest BCUT2D eigenvalue weighted by Gasteiger charge is 2.31. The molecule has 4 N–H and O–H groups in total. The maximum atomic E-state index is 15.0. The Morgan fingerprint density at radius 2 is 1.82 bits per heavy atom. The second-order valence-corrected chi connectivity index (χ2v) is 8.34. The van der Waals surface area contributed by atoms with Gasteiger partial charge in [-0.25, -0.2) is 14.2 Å². The number of nitrogens with one attached hydrogen (secondary N) is 3. The molecule has 4 aromatic rings. The Balaban J connectivity index is 1.69. The predicted molar refractivity (Wildman–Crippen MR) is 132 cm³/mol. The van der Waals surface area contributed by atoms with Crippen LogP contribution >= 0.6 is 0 Å². The van der Waals surface area contributed by atoms with Gasteiger partial charge in [-0.05, 0) is 55.0 Å². The molecule has 1 amide bonds. The summed E-state index contributed by atoms with van der Waals surface area (Å²) in [6.07, 6.45) is -4.29. The standard InChI is InChI=1S/C26H20F4N6O2/c1-14(33-25(37)38)22(15-4-6-18(7-5-15)26(28,29)30)35-24-20(27)12-17(13-31)23(36-24)34-19-8-9-21-16(11-19)3-2-10-32-21/h2-12,14,22,33H,1H3,(H,37,38)(H2,34,35,36)/t14-,22-/m0/s1. The highest BCUT2D eigenvalue weighted by atomic mass is 19.4. The van der Waals surface area contributed by atoms with E-state index in [1.807, 2.05) is 12.1 Å². The summed E-state index contributed by atoms with van der Waals surface area (Å²) in [6.45, 7) is 1.47. The molecule has 0 fully saturated rings. The van der Waals surface area contributed by atoms with E-state index in [2.05, 4.69) is 25.9 Å². The molecule has 0 aliphatic rings. The zero-order valence-corrected chi connectivity index (χ0v) is 19.7. The van der Waals surface area contributed by atoms with Gasteiger partial charge in [-0.15, -0.1) is 0 Å². The van der Waals surface area contributed by atoms with Crippen LogP contribution in [0.2, 0.25) is 0 Å². The predicted octanol–water partition coefficient (Wildman–Crippen LogP) is 6.21. The second kappa shape index (κ2) is 10.6. The van der Waals surface area contributed by atoms with Gasteiger partial charge in [0, 0.05) is 17.3 Å². The van der Waals surface area contributed by atoms with Crippen molar-refractivity contribution in [3.63, 3.8) is 0 Å². The summed E-state index contributed by atoms with van der Waals surface area (Å²) in [5.74, 6) is -1.23. The SMILES string of the molecule is C[C@H](NC(=O)O)[C@H](Nc1nc(Nc2ccc3ncccc3c2)c(C#N)cc1F)c1ccc(C(F)(F)F)cc1. The van der Waals surface area contributed by atoms with Crippen LogP contribution in [0.3, 0.4) is 0 Å². The van der Waals surface area contributed by atoms with Gasteiger partial charge >= 0.3 is 12.3 Å². The molecule has 0 saturated carbocycles. The van der Waals surface area contributed by atoms with Gasteiger partial charge in [0.15, 0.2) is 17.5 Å². The number of amides is 1. The number of alkyl halides is 3. The van der Waals surface area contributed by atoms with Crippen LogP contribution in [-0.2, 0) is 6.18 Å². The molecule has 12 heteroatoms. The lowest BCUT2D eigenvalue weighted by Gasteiger charge is -2.27. The maximum Gasteiger partial charge on any atom is 0.416 e. The number of nitrogens with zero attached hydrogens (tertiary/aromatic N) is 3. The van der Waals surface area contributed by atoms with Crippen LogP contribution in [0.25, 0.3) is 10.9 Å². The number of carbonyl (C=O) groups is 1. The highest BCUT2D eigenvalue weighted by Crippen LogP contribution is 2.32. The van der Waals surface area contributed by atoms with E-state index in [0.717, 1.165) is 29.1 Å². The number of rotatable bonds is 7. The fourth-order valence-corrected chi connectivity index (χ4v) is 3.86. The molecule has 2 atom stereocenters. The number of aromatic nitrogens is 2. The van der Waals surface area contributed by atoms with E-state index in [0.29, 0.717) is 5.69 Å². The van der Waals surface area contributed by atoms with Crippen molar-refractivity contribution < 1.29 is 27.5 Å². The zero-order valence-electron chi connectivity index (χ0n) is 19.7. The minimum Gasteiger partial charge on any atom is -0.465 e. The van der Waals surface area contributed by atoms with Gasteiger partial charge in [-0.1, -0.05) is 18.2 Å². The van der Waals surface area contributed by atoms with E-state index < -0.39 is 35.7 Å². The van der Waals surface area contributed by atoms with Crippen molar-refractivity contribution in [2.75, 3.05) is 10.6 Å². The summed E-state index contributed by atoms with van der Waals surface area (Å²) in [4.78, 5) is 19.7. The van der Waals surface area contributed by atoms with Crippen molar-refractivity contribution in [1.29, 1.82) is 5.26 Å². The fourth-order valence-electron chi connectivity index (χ4n) is 3.86. The number of benzene rings is 2. The van der Waals surface area contributed by atoms with E-state index in [9.17, 15) is 32.7 Å². The number of carboxylic acid groups (broad SMARTS) is 1. The quantitative estimate of drug-likeness (QED) is 0.212. The van der Waals surface area contributed by atoms with Crippen LogP contribution in [0.5, 0.6) is 0 Å². The number of nitriles is 1. The van der Waals surface area contributed by atoms with Crippen LogP contribution < -0.4 is 16.0 Å². The van der Waals surface area contributed by atoms with Crippen molar-refractivity contribution in [3.8, 4) is 6.07 Å². The molecule has 194 valence electrons. The molecule has 0 bridgehead atoms. The normalized spacial score (nSPS) is 12.8. The monoisotopic (exact) mass is 524 g/mol. The van der Waals surface area contributed by atoms with E-state index in [1.165, 1.54) is 19.1 Å². The van der Waals surface area contributed by atoms with E-state index in [1.54, 1.807) is 30.5 Å². The Hall–Kier alpha value is -4.92. The van der Waals surface area contributed by atoms with Crippen molar-refractivity contribution in [1.82, 2.24) is 15.3 Å². The lowest BCUT2D eigenvalue weighted by Crippen LogP contribution is -2.39. The fraction of sp³-hybridized carbons (Fsp3) is 0.154. The second-order valence-electron chi connectivity index (χ2n) is 8.34. The summed E-state index contributed by atoms with van der Waals surface area (Å²) in [5.41, 5.74) is 0.557. The third-order valence-corrected chi connectivity index (χ3v) is 5.70. The van der Waals surface area contributed by atoms with Gasteiger partial charge in [-0.2, -0.15) is 18.4 Å². The lowest BCUT2D eigenvalue weighted by atomic mass is 9.98. The van der Waals surface area contributed by atoms with Crippen molar-refractivity contribution in [2.45, 2.75) is 25.2 Å². The first-order chi connectivity index (χ1) is 18.0. The van der Waals surface area contributed by atoms with Gasteiger partial charge < -0.3 is 21.1 Å². The molecule has 0 saturated heterocycles. The largest absolute Gasteiger partial charge is 0.465 e.